The summed E-state index contributed by atoms with van der Waals surface area (Å²) in [5.74, 6) is 1.19. The van der Waals surface area contributed by atoms with E-state index >= 15 is 0 Å². The molecule has 0 aromatic carbocycles. The first kappa shape index (κ1) is 13.8. The number of carbonyl (C=O) groups excluding carboxylic acids is 1. The van der Waals surface area contributed by atoms with Crippen molar-refractivity contribution in [2.45, 2.75) is 44.4 Å². The van der Waals surface area contributed by atoms with Gasteiger partial charge in [0.15, 0.2) is 0 Å². The van der Waals surface area contributed by atoms with Crippen LogP contribution < -0.4 is 5.32 Å². The number of esters is 1. The minimum Gasteiger partial charge on any atom is -0.468 e. The molecule has 1 aliphatic rings. The van der Waals surface area contributed by atoms with Gasteiger partial charge in [0, 0.05) is 5.75 Å². The molecule has 0 aromatic heterocycles. The number of nitrogens with one attached hydrogen (secondary N) is 1. The molecule has 4 heteroatoms. The maximum absolute atomic E-state index is 12.0. The Morgan fingerprint density at radius 3 is 2.56 bits per heavy atom. The van der Waals surface area contributed by atoms with Crippen LogP contribution in [0.25, 0.3) is 0 Å². The summed E-state index contributed by atoms with van der Waals surface area (Å²) in [5.41, 5.74) is -0.446. The van der Waals surface area contributed by atoms with Gasteiger partial charge >= 0.3 is 5.97 Å². The fourth-order valence-electron chi connectivity index (χ4n) is 1.98. The van der Waals surface area contributed by atoms with Crippen LogP contribution in [-0.4, -0.2) is 36.2 Å². The smallest absolute Gasteiger partial charge is 0.327 e. The van der Waals surface area contributed by atoms with Gasteiger partial charge in [-0.15, -0.1) is 0 Å². The van der Waals surface area contributed by atoms with E-state index < -0.39 is 5.54 Å². The highest BCUT2D eigenvalue weighted by atomic mass is 32.2. The van der Waals surface area contributed by atoms with E-state index in [-0.39, 0.29) is 5.97 Å². The van der Waals surface area contributed by atoms with Gasteiger partial charge in [-0.05, 0) is 30.6 Å². The fourth-order valence-corrected chi connectivity index (χ4v) is 3.03. The summed E-state index contributed by atoms with van der Waals surface area (Å²) in [6, 6.07) is 0. The minimum absolute atomic E-state index is 0.0926. The Balaban J connectivity index is 2.74. The van der Waals surface area contributed by atoms with Gasteiger partial charge in [-0.2, -0.15) is 11.8 Å². The van der Waals surface area contributed by atoms with Crippen LogP contribution in [0, 0.1) is 5.92 Å². The van der Waals surface area contributed by atoms with Gasteiger partial charge in [0.05, 0.1) is 7.11 Å². The number of thioether (sulfide) groups is 1. The molecule has 0 saturated heterocycles. The summed E-state index contributed by atoms with van der Waals surface area (Å²) in [6.45, 7) is 7.17. The molecule has 0 amide bonds. The van der Waals surface area contributed by atoms with Crippen LogP contribution in [-0.2, 0) is 9.53 Å². The van der Waals surface area contributed by atoms with E-state index in [1.54, 1.807) is 0 Å². The molecule has 1 unspecified atom stereocenters. The molecule has 1 rings (SSSR count). The summed E-state index contributed by atoms with van der Waals surface area (Å²) >= 11 is 1.83. The first-order valence-electron chi connectivity index (χ1n) is 6.01. The first-order chi connectivity index (χ1) is 7.56. The van der Waals surface area contributed by atoms with Gasteiger partial charge in [-0.3, -0.25) is 4.79 Å². The number of hydrogen-bond acceptors (Lipinski definition) is 4. The molecule has 1 saturated carbocycles. The molecular formula is C12H23NO2S. The third-order valence-electron chi connectivity index (χ3n) is 2.96. The quantitative estimate of drug-likeness (QED) is 0.697. The fraction of sp³-hybridized carbons (Fsp3) is 0.917. The van der Waals surface area contributed by atoms with Crippen molar-refractivity contribution in [3.05, 3.63) is 0 Å². The van der Waals surface area contributed by atoms with E-state index in [9.17, 15) is 4.79 Å². The summed E-state index contributed by atoms with van der Waals surface area (Å²) in [6.07, 6.45) is 2.28. The zero-order valence-electron chi connectivity index (χ0n) is 10.7. The molecule has 0 aromatic rings. The van der Waals surface area contributed by atoms with Crippen LogP contribution in [0.5, 0.6) is 0 Å². The van der Waals surface area contributed by atoms with Crippen molar-refractivity contribution in [2.75, 3.05) is 19.4 Å². The normalized spacial score (nSPS) is 19.6. The molecule has 1 fully saturated rings. The van der Waals surface area contributed by atoms with Gasteiger partial charge in [0.25, 0.3) is 0 Å². The number of ether oxygens (including phenoxy) is 1. The van der Waals surface area contributed by atoms with Crippen LogP contribution in [0.2, 0.25) is 0 Å². The summed E-state index contributed by atoms with van der Waals surface area (Å²) < 4.78 is 4.99. The van der Waals surface area contributed by atoms with E-state index in [1.807, 2.05) is 18.7 Å². The lowest BCUT2D eigenvalue weighted by Crippen LogP contribution is -2.57. The summed E-state index contributed by atoms with van der Waals surface area (Å²) in [7, 11) is 1.48. The van der Waals surface area contributed by atoms with Gasteiger partial charge in [0.1, 0.15) is 5.54 Å². The summed E-state index contributed by atoms with van der Waals surface area (Å²) in [5, 5.41) is 3.91. The van der Waals surface area contributed by atoms with E-state index in [4.69, 9.17) is 4.74 Å². The number of carbonyl (C=O) groups is 1. The Morgan fingerprint density at radius 2 is 2.19 bits per heavy atom. The second kappa shape index (κ2) is 5.92. The molecule has 3 nitrogen and oxygen atoms in total. The van der Waals surface area contributed by atoms with E-state index in [1.165, 1.54) is 7.11 Å². The lowest BCUT2D eigenvalue weighted by atomic mass is 9.95. The van der Waals surface area contributed by atoms with E-state index in [0.717, 1.165) is 25.1 Å². The van der Waals surface area contributed by atoms with Crippen molar-refractivity contribution in [3.63, 3.8) is 0 Å². The number of likely N-dealkylation sites (N-methyl/N-ethyl adjacent to an activating group) is 1. The van der Waals surface area contributed by atoms with Gasteiger partial charge in [-0.25, -0.2) is 0 Å². The average molecular weight is 245 g/mol. The molecule has 16 heavy (non-hydrogen) atoms. The summed E-state index contributed by atoms with van der Waals surface area (Å²) in [4.78, 5) is 12.0. The second-order valence-corrected chi connectivity index (χ2v) is 6.19. The largest absolute Gasteiger partial charge is 0.468 e. The highest BCUT2D eigenvalue weighted by Crippen LogP contribution is 2.42. The van der Waals surface area contributed by atoms with Crippen molar-refractivity contribution in [3.8, 4) is 0 Å². The van der Waals surface area contributed by atoms with Crippen molar-refractivity contribution in [2.24, 2.45) is 5.92 Å². The van der Waals surface area contributed by atoms with E-state index in [0.29, 0.717) is 11.2 Å². The van der Waals surface area contributed by atoms with Crippen molar-refractivity contribution in [1.29, 1.82) is 0 Å². The van der Waals surface area contributed by atoms with Gasteiger partial charge < -0.3 is 10.1 Å². The highest BCUT2D eigenvalue weighted by molar-refractivity contribution is 7.99. The monoisotopic (exact) mass is 245 g/mol. The van der Waals surface area contributed by atoms with Crippen LogP contribution in [0.15, 0.2) is 0 Å². The molecule has 0 heterocycles. The highest BCUT2D eigenvalue weighted by Gasteiger charge is 2.51. The Labute approximate surface area is 103 Å². The van der Waals surface area contributed by atoms with E-state index in [2.05, 4.69) is 19.2 Å². The third kappa shape index (κ3) is 3.14. The minimum atomic E-state index is -0.446. The number of methoxy groups -OCH3 is 1. The van der Waals surface area contributed by atoms with Crippen LogP contribution in [0.1, 0.15) is 33.6 Å². The Hall–Kier alpha value is -0.220. The topological polar surface area (TPSA) is 38.3 Å². The molecule has 1 N–H and O–H groups in total. The van der Waals surface area contributed by atoms with Crippen LogP contribution in [0.3, 0.4) is 0 Å². The maximum atomic E-state index is 12.0. The second-order valence-electron chi connectivity index (χ2n) is 4.63. The third-order valence-corrected chi connectivity index (χ3v) is 4.25. The molecule has 1 atom stereocenters. The molecule has 94 valence electrons. The Morgan fingerprint density at radius 1 is 1.56 bits per heavy atom. The van der Waals surface area contributed by atoms with Gasteiger partial charge in [-0.1, -0.05) is 20.8 Å². The molecule has 0 aliphatic heterocycles. The van der Waals surface area contributed by atoms with Crippen LogP contribution >= 0.6 is 11.8 Å². The molecule has 0 radical (unpaired) electrons. The first-order valence-corrected chi connectivity index (χ1v) is 7.06. The lowest BCUT2D eigenvalue weighted by Gasteiger charge is -2.32. The SMILES string of the molecule is CCNC(CSC(C)C)(C(=O)OC)C1CC1. The number of rotatable bonds is 7. The van der Waals surface area contributed by atoms with Crippen molar-refractivity contribution in [1.82, 2.24) is 5.32 Å². The van der Waals surface area contributed by atoms with Crippen molar-refractivity contribution < 1.29 is 9.53 Å². The van der Waals surface area contributed by atoms with Gasteiger partial charge in [0.2, 0.25) is 0 Å². The Bertz CT molecular complexity index is 241. The zero-order chi connectivity index (χ0) is 12.2. The lowest BCUT2D eigenvalue weighted by molar-refractivity contribution is -0.148. The standard InChI is InChI=1S/C12H23NO2S/c1-5-13-12(10-6-7-10,11(14)15-4)8-16-9(2)3/h9-10,13H,5-8H2,1-4H3. The van der Waals surface area contributed by atoms with Crippen molar-refractivity contribution >= 4 is 17.7 Å². The predicted molar refractivity (Wildman–Crippen MR) is 68.7 cm³/mol. The Kier molecular flexibility index (Phi) is 5.12. The number of hydrogen-bond donors (Lipinski definition) is 1. The predicted octanol–water partition coefficient (Wildman–Crippen LogP) is 2.06. The average Bonchev–Trinajstić information content (AvgIpc) is 3.07. The van der Waals surface area contributed by atoms with Crippen LogP contribution in [0.4, 0.5) is 0 Å². The molecule has 0 bridgehead atoms. The molecular weight excluding hydrogens is 222 g/mol. The zero-order valence-corrected chi connectivity index (χ0v) is 11.5. The maximum Gasteiger partial charge on any atom is 0.327 e. The molecule has 0 spiro atoms. The molecule has 1 aliphatic carbocycles.